The van der Waals surface area contributed by atoms with Crippen molar-refractivity contribution in [3.63, 3.8) is 0 Å². The van der Waals surface area contributed by atoms with Crippen molar-refractivity contribution in [3.05, 3.63) is 20.8 Å². The Labute approximate surface area is 97.3 Å². The average Bonchev–Trinajstić information content (AvgIpc) is 2.59. The molecule has 3 heteroatoms. The van der Waals surface area contributed by atoms with Gasteiger partial charge in [-0.2, -0.15) is 0 Å². The molecule has 1 heterocycles. The van der Waals surface area contributed by atoms with Crippen LogP contribution >= 0.6 is 27.3 Å². The van der Waals surface area contributed by atoms with Gasteiger partial charge in [0.2, 0.25) is 0 Å². The van der Waals surface area contributed by atoms with Crippen LogP contribution in [-0.2, 0) is 5.60 Å². The molecule has 1 fully saturated rings. The van der Waals surface area contributed by atoms with Gasteiger partial charge in [-0.15, -0.1) is 11.3 Å². The molecule has 1 unspecified atom stereocenters. The summed E-state index contributed by atoms with van der Waals surface area (Å²) in [6, 6.07) is 2.02. The third-order valence-electron chi connectivity index (χ3n) is 3.45. The summed E-state index contributed by atoms with van der Waals surface area (Å²) in [7, 11) is 0. The highest BCUT2D eigenvalue weighted by molar-refractivity contribution is 9.10. The first-order valence-corrected chi connectivity index (χ1v) is 6.60. The van der Waals surface area contributed by atoms with E-state index >= 15 is 0 Å². The highest BCUT2D eigenvalue weighted by Crippen LogP contribution is 2.54. The lowest BCUT2D eigenvalue weighted by atomic mass is 9.77. The summed E-state index contributed by atoms with van der Waals surface area (Å²) in [5.41, 5.74) is -0.625. The Morgan fingerprint density at radius 2 is 2.14 bits per heavy atom. The molecule has 1 aliphatic carbocycles. The Kier molecular flexibility index (Phi) is 2.53. The van der Waals surface area contributed by atoms with Crippen LogP contribution in [0.1, 0.15) is 38.0 Å². The minimum absolute atomic E-state index is 0.000370. The van der Waals surface area contributed by atoms with E-state index in [1.54, 1.807) is 11.3 Å². The molecule has 0 bridgehead atoms. The molecular weight excluding hydrogens is 260 g/mol. The third kappa shape index (κ3) is 1.37. The summed E-state index contributed by atoms with van der Waals surface area (Å²) in [5, 5.41) is 12.8. The van der Waals surface area contributed by atoms with Crippen LogP contribution in [0, 0.1) is 5.41 Å². The van der Waals surface area contributed by atoms with Gasteiger partial charge in [0, 0.05) is 4.47 Å². The Morgan fingerprint density at radius 3 is 2.57 bits per heavy atom. The second kappa shape index (κ2) is 3.32. The van der Waals surface area contributed by atoms with Gasteiger partial charge >= 0.3 is 0 Å². The smallest absolute Gasteiger partial charge is 0.105 e. The van der Waals surface area contributed by atoms with E-state index in [-0.39, 0.29) is 5.41 Å². The molecule has 0 amide bonds. The fourth-order valence-corrected chi connectivity index (χ4v) is 4.35. The summed E-state index contributed by atoms with van der Waals surface area (Å²) in [6.07, 6.45) is 3.11. The zero-order chi connectivity index (χ0) is 10.4. The van der Waals surface area contributed by atoms with Gasteiger partial charge in [0.1, 0.15) is 5.60 Å². The Bertz CT molecular complexity index is 345. The van der Waals surface area contributed by atoms with Crippen molar-refractivity contribution in [2.45, 2.75) is 38.7 Å². The van der Waals surface area contributed by atoms with Gasteiger partial charge in [0.15, 0.2) is 0 Å². The van der Waals surface area contributed by atoms with Crippen molar-refractivity contribution in [1.82, 2.24) is 0 Å². The molecule has 1 saturated carbocycles. The lowest BCUT2D eigenvalue weighted by Crippen LogP contribution is -2.36. The van der Waals surface area contributed by atoms with E-state index < -0.39 is 5.60 Å². The Morgan fingerprint density at radius 1 is 1.43 bits per heavy atom. The number of halogens is 1. The zero-order valence-electron chi connectivity index (χ0n) is 8.51. The van der Waals surface area contributed by atoms with E-state index in [0.29, 0.717) is 0 Å². The van der Waals surface area contributed by atoms with Crippen molar-refractivity contribution in [2.75, 3.05) is 0 Å². The SMILES string of the molecule is CC1(C)CCCC1(O)c1sccc1Br. The molecule has 14 heavy (non-hydrogen) atoms. The maximum Gasteiger partial charge on any atom is 0.105 e. The molecule has 0 radical (unpaired) electrons. The van der Waals surface area contributed by atoms with Crippen LogP contribution < -0.4 is 0 Å². The van der Waals surface area contributed by atoms with Crippen LogP contribution in [0.4, 0.5) is 0 Å². The van der Waals surface area contributed by atoms with Crippen molar-refractivity contribution in [3.8, 4) is 0 Å². The van der Waals surface area contributed by atoms with Crippen LogP contribution in [0.25, 0.3) is 0 Å². The summed E-state index contributed by atoms with van der Waals surface area (Å²) < 4.78 is 1.06. The standard InChI is InChI=1S/C11H15BrOS/c1-10(2)5-3-6-11(10,13)9-8(12)4-7-14-9/h4,7,13H,3,5-6H2,1-2H3. The van der Waals surface area contributed by atoms with Gasteiger partial charge in [-0.25, -0.2) is 0 Å². The number of rotatable bonds is 1. The summed E-state index contributed by atoms with van der Waals surface area (Å²) in [5.74, 6) is 0. The van der Waals surface area contributed by atoms with Crippen LogP contribution in [0.2, 0.25) is 0 Å². The van der Waals surface area contributed by atoms with E-state index in [0.717, 1.165) is 28.6 Å². The number of thiophene rings is 1. The quantitative estimate of drug-likeness (QED) is 0.824. The van der Waals surface area contributed by atoms with Crippen LogP contribution in [-0.4, -0.2) is 5.11 Å². The lowest BCUT2D eigenvalue weighted by Gasteiger charge is -2.36. The number of aliphatic hydroxyl groups is 1. The fraction of sp³-hybridized carbons (Fsp3) is 0.636. The largest absolute Gasteiger partial charge is 0.384 e. The van der Waals surface area contributed by atoms with Crippen LogP contribution in [0.3, 0.4) is 0 Å². The first kappa shape index (κ1) is 10.7. The summed E-state index contributed by atoms with van der Waals surface area (Å²) in [4.78, 5) is 1.10. The van der Waals surface area contributed by atoms with Crippen molar-refractivity contribution < 1.29 is 5.11 Å². The van der Waals surface area contributed by atoms with Crippen molar-refractivity contribution >= 4 is 27.3 Å². The average molecular weight is 275 g/mol. The molecule has 1 nitrogen and oxygen atoms in total. The molecule has 78 valence electrons. The van der Waals surface area contributed by atoms with Gasteiger partial charge in [0.25, 0.3) is 0 Å². The topological polar surface area (TPSA) is 20.2 Å². The molecule has 1 atom stereocenters. The second-order valence-corrected chi connectivity index (χ2v) is 6.47. The summed E-state index contributed by atoms with van der Waals surface area (Å²) >= 11 is 5.16. The minimum Gasteiger partial charge on any atom is -0.384 e. The van der Waals surface area contributed by atoms with E-state index in [1.807, 2.05) is 11.4 Å². The fourth-order valence-electron chi connectivity index (χ4n) is 2.34. The highest BCUT2D eigenvalue weighted by atomic mass is 79.9. The first-order valence-electron chi connectivity index (χ1n) is 4.93. The predicted octanol–water partition coefficient (Wildman–Crippen LogP) is 3.91. The molecule has 1 aromatic heterocycles. The number of hydrogen-bond donors (Lipinski definition) is 1. The molecular formula is C11H15BrOS. The molecule has 0 saturated heterocycles. The molecule has 0 aromatic carbocycles. The maximum atomic E-state index is 10.7. The van der Waals surface area contributed by atoms with Crippen LogP contribution in [0.15, 0.2) is 15.9 Å². The van der Waals surface area contributed by atoms with Crippen molar-refractivity contribution in [1.29, 1.82) is 0 Å². The molecule has 1 aliphatic rings. The third-order valence-corrected chi connectivity index (χ3v) is 5.44. The monoisotopic (exact) mass is 274 g/mol. The predicted molar refractivity (Wildman–Crippen MR) is 63.5 cm³/mol. The van der Waals surface area contributed by atoms with Gasteiger partial charge in [-0.3, -0.25) is 0 Å². The lowest BCUT2D eigenvalue weighted by molar-refractivity contribution is -0.0458. The summed E-state index contributed by atoms with van der Waals surface area (Å²) in [6.45, 7) is 4.32. The van der Waals surface area contributed by atoms with Gasteiger partial charge < -0.3 is 5.11 Å². The minimum atomic E-state index is -0.625. The highest BCUT2D eigenvalue weighted by Gasteiger charge is 2.50. The normalized spacial score (nSPS) is 30.9. The number of hydrogen-bond acceptors (Lipinski definition) is 2. The van der Waals surface area contributed by atoms with Gasteiger partial charge in [-0.1, -0.05) is 13.8 Å². The van der Waals surface area contributed by atoms with Gasteiger partial charge in [0.05, 0.1) is 4.88 Å². The molecule has 2 rings (SSSR count). The Balaban J connectivity index is 2.47. The second-order valence-electron chi connectivity index (χ2n) is 4.70. The first-order chi connectivity index (χ1) is 6.47. The van der Waals surface area contributed by atoms with E-state index in [9.17, 15) is 5.11 Å². The van der Waals surface area contributed by atoms with E-state index in [1.165, 1.54) is 0 Å². The molecule has 1 aromatic rings. The molecule has 1 N–H and O–H groups in total. The Hall–Kier alpha value is 0.140. The van der Waals surface area contributed by atoms with Crippen LogP contribution in [0.5, 0.6) is 0 Å². The van der Waals surface area contributed by atoms with E-state index in [4.69, 9.17) is 0 Å². The zero-order valence-corrected chi connectivity index (χ0v) is 10.9. The van der Waals surface area contributed by atoms with E-state index in [2.05, 4.69) is 29.8 Å². The van der Waals surface area contributed by atoms with Gasteiger partial charge in [-0.05, 0) is 52.1 Å². The molecule has 0 aliphatic heterocycles. The molecule has 0 spiro atoms. The van der Waals surface area contributed by atoms with Crippen molar-refractivity contribution in [2.24, 2.45) is 5.41 Å². The maximum absolute atomic E-state index is 10.7.